The van der Waals surface area contributed by atoms with Crippen LogP contribution in [0.2, 0.25) is 0 Å². The number of rotatable bonds is 10. The van der Waals surface area contributed by atoms with E-state index in [0.717, 1.165) is 25.8 Å². The molecular weight excluding hydrogens is 330 g/mol. The van der Waals surface area contributed by atoms with Gasteiger partial charge in [0.05, 0.1) is 6.54 Å². The molecule has 0 saturated heterocycles. The molecule has 0 aromatic carbocycles. The molecule has 2 aliphatic rings. The van der Waals surface area contributed by atoms with Crippen molar-refractivity contribution < 1.29 is 14.8 Å². The molecule has 6 heteroatoms. The second-order valence-corrected chi connectivity index (χ2v) is 7.91. The Morgan fingerprint density at radius 2 is 1.42 bits per heavy atom. The SMILES string of the molecule is O=C(CCCCCNCC(=O)N(C1CCCCC1)C1CCCCC1)NO. The summed E-state index contributed by atoms with van der Waals surface area (Å²) in [6.45, 7) is 1.24. The third-order valence-electron chi connectivity index (χ3n) is 5.88. The molecule has 2 saturated carbocycles. The van der Waals surface area contributed by atoms with Crippen LogP contribution >= 0.6 is 0 Å². The number of carbonyl (C=O) groups excluding carboxylic acids is 2. The second kappa shape index (κ2) is 12.3. The van der Waals surface area contributed by atoms with E-state index in [1.54, 1.807) is 5.48 Å². The van der Waals surface area contributed by atoms with Crippen molar-refractivity contribution in [2.75, 3.05) is 13.1 Å². The van der Waals surface area contributed by atoms with E-state index >= 15 is 0 Å². The van der Waals surface area contributed by atoms with E-state index in [9.17, 15) is 9.59 Å². The molecule has 2 amide bonds. The van der Waals surface area contributed by atoms with Gasteiger partial charge in [0.15, 0.2) is 0 Å². The fourth-order valence-electron chi connectivity index (χ4n) is 4.48. The summed E-state index contributed by atoms with van der Waals surface area (Å²) in [4.78, 5) is 26.1. The molecule has 26 heavy (non-hydrogen) atoms. The first kappa shape index (κ1) is 21.2. The molecule has 0 bridgehead atoms. The molecule has 2 rings (SSSR count). The average molecular weight is 368 g/mol. The minimum absolute atomic E-state index is 0.281. The summed E-state index contributed by atoms with van der Waals surface area (Å²) in [6.07, 6.45) is 15.4. The molecule has 6 nitrogen and oxygen atoms in total. The highest BCUT2D eigenvalue weighted by atomic mass is 16.5. The molecule has 2 fully saturated rings. The number of hydrogen-bond donors (Lipinski definition) is 3. The Morgan fingerprint density at radius 3 is 1.96 bits per heavy atom. The molecule has 0 aromatic heterocycles. The summed E-state index contributed by atoms with van der Waals surface area (Å²) in [5, 5.41) is 11.8. The monoisotopic (exact) mass is 367 g/mol. The van der Waals surface area contributed by atoms with Gasteiger partial charge in [-0.15, -0.1) is 0 Å². The van der Waals surface area contributed by atoms with E-state index in [1.165, 1.54) is 64.2 Å². The molecule has 0 radical (unpaired) electrons. The molecule has 3 N–H and O–H groups in total. The van der Waals surface area contributed by atoms with E-state index in [-0.39, 0.29) is 11.8 Å². The maximum absolute atomic E-state index is 12.9. The molecule has 0 spiro atoms. The first-order chi connectivity index (χ1) is 12.7. The first-order valence-electron chi connectivity index (χ1n) is 10.7. The third-order valence-corrected chi connectivity index (χ3v) is 5.88. The second-order valence-electron chi connectivity index (χ2n) is 7.91. The zero-order valence-corrected chi connectivity index (χ0v) is 16.2. The van der Waals surface area contributed by atoms with Gasteiger partial charge in [-0.05, 0) is 45.1 Å². The van der Waals surface area contributed by atoms with Crippen LogP contribution in [0.15, 0.2) is 0 Å². The fraction of sp³-hybridized carbons (Fsp3) is 0.900. The average Bonchev–Trinajstić information content (AvgIpc) is 2.69. The van der Waals surface area contributed by atoms with Crippen LogP contribution in [0.4, 0.5) is 0 Å². The van der Waals surface area contributed by atoms with Gasteiger partial charge < -0.3 is 10.2 Å². The van der Waals surface area contributed by atoms with Gasteiger partial charge in [-0.25, -0.2) is 5.48 Å². The van der Waals surface area contributed by atoms with Gasteiger partial charge in [0.2, 0.25) is 11.8 Å². The van der Waals surface area contributed by atoms with Crippen LogP contribution < -0.4 is 10.8 Å². The van der Waals surface area contributed by atoms with Crippen molar-refractivity contribution in [3.63, 3.8) is 0 Å². The van der Waals surface area contributed by atoms with Crippen molar-refractivity contribution in [3.05, 3.63) is 0 Å². The van der Waals surface area contributed by atoms with Crippen LogP contribution in [0.1, 0.15) is 89.9 Å². The van der Waals surface area contributed by atoms with Crippen LogP contribution in [0.25, 0.3) is 0 Å². The number of nitrogens with zero attached hydrogens (tertiary/aromatic N) is 1. The van der Waals surface area contributed by atoms with Crippen LogP contribution in [0.5, 0.6) is 0 Å². The molecule has 0 aliphatic heterocycles. The summed E-state index contributed by atoms with van der Waals surface area (Å²) in [5.41, 5.74) is 1.65. The van der Waals surface area contributed by atoms with E-state index in [2.05, 4.69) is 10.2 Å². The predicted octanol–water partition coefficient (Wildman–Crippen LogP) is 3.14. The maximum Gasteiger partial charge on any atom is 0.243 e. The largest absolute Gasteiger partial charge is 0.336 e. The summed E-state index contributed by atoms with van der Waals surface area (Å²) >= 11 is 0. The van der Waals surface area contributed by atoms with Crippen molar-refractivity contribution >= 4 is 11.8 Å². The third kappa shape index (κ3) is 7.23. The van der Waals surface area contributed by atoms with Gasteiger partial charge in [0, 0.05) is 18.5 Å². The Balaban J connectivity index is 1.70. The topological polar surface area (TPSA) is 81.7 Å². The van der Waals surface area contributed by atoms with E-state index in [1.807, 2.05) is 0 Å². The Labute approximate surface area is 158 Å². The lowest BCUT2D eigenvalue weighted by molar-refractivity contribution is -0.137. The van der Waals surface area contributed by atoms with Crippen molar-refractivity contribution in [1.29, 1.82) is 0 Å². The summed E-state index contributed by atoms with van der Waals surface area (Å²) in [6, 6.07) is 0.913. The maximum atomic E-state index is 12.9. The van der Waals surface area contributed by atoms with Gasteiger partial charge >= 0.3 is 0 Å². The zero-order chi connectivity index (χ0) is 18.6. The molecule has 0 atom stereocenters. The lowest BCUT2D eigenvalue weighted by atomic mass is 9.88. The Bertz CT molecular complexity index is 401. The van der Waals surface area contributed by atoms with Crippen molar-refractivity contribution in [3.8, 4) is 0 Å². The highest BCUT2D eigenvalue weighted by molar-refractivity contribution is 5.79. The van der Waals surface area contributed by atoms with Gasteiger partial charge in [-0.2, -0.15) is 0 Å². The van der Waals surface area contributed by atoms with Gasteiger partial charge in [0.25, 0.3) is 0 Å². The van der Waals surface area contributed by atoms with E-state index in [0.29, 0.717) is 25.0 Å². The Hall–Kier alpha value is -1.14. The molecule has 150 valence electrons. The first-order valence-corrected chi connectivity index (χ1v) is 10.7. The van der Waals surface area contributed by atoms with Crippen LogP contribution in [0.3, 0.4) is 0 Å². The van der Waals surface area contributed by atoms with Crippen molar-refractivity contribution in [2.45, 2.75) is 102 Å². The summed E-state index contributed by atoms with van der Waals surface area (Å²) < 4.78 is 0. The Kier molecular flexibility index (Phi) is 10.00. The van der Waals surface area contributed by atoms with Gasteiger partial charge in [0.1, 0.15) is 0 Å². The number of carbonyl (C=O) groups is 2. The lowest BCUT2D eigenvalue weighted by Crippen LogP contribution is -2.51. The van der Waals surface area contributed by atoms with Gasteiger partial charge in [-0.3, -0.25) is 14.8 Å². The summed E-state index contributed by atoms with van der Waals surface area (Å²) in [7, 11) is 0. The number of hydroxylamine groups is 1. The number of hydrogen-bond acceptors (Lipinski definition) is 4. The van der Waals surface area contributed by atoms with Gasteiger partial charge in [-0.1, -0.05) is 44.9 Å². The smallest absolute Gasteiger partial charge is 0.243 e. The molecule has 0 aromatic rings. The molecule has 0 heterocycles. The van der Waals surface area contributed by atoms with E-state index < -0.39 is 0 Å². The van der Waals surface area contributed by atoms with Crippen molar-refractivity contribution in [2.24, 2.45) is 0 Å². The number of unbranched alkanes of at least 4 members (excludes halogenated alkanes) is 2. The van der Waals surface area contributed by atoms with E-state index in [4.69, 9.17) is 5.21 Å². The minimum Gasteiger partial charge on any atom is -0.336 e. The molecular formula is C20H37N3O3. The predicted molar refractivity (Wildman–Crippen MR) is 102 cm³/mol. The number of amides is 2. The highest BCUT2D eigenvalue weighted by Crippen LogP contribution is 2.30. The Morgan fingerprint density at radius 1 is 0.846 bits per heavy atom. The zero-order valence-electron chi connectivity index (χ0n) is 16.2. The lowest BCUT2D eigenvalue weighted by Gasteiger charge is -2.42. The molecule has 0 unspecified atom stereocenters. The number of nitrogens with one attached hydrogen (secondary N) is 2. The minimum atomic E-state index is -0.330. The quantitative estimate of drug-likeness (QED) is 0.315. The standard InChI is InChI=1S/C20H37N3O3/c24-19(22-26)14-8-3-9-15-21-16-20(25)23(17-10-4-1-5-11-17)18-12-6-2-7-13-18/h17-18,21,26H,1-16H2,(H,22,24). The van der Waals surface area contributed by atoms with Crippen LogP contribution in [-0.2, 0) is 9.59 Å². The normalized spacial score (nSPS) is 19.3. The molecule has 2 aliphatic carbocycles. The van der Waals surface area contributed by atoms with Crippen LogP contribution in [-0.4, -0.2) is 47.1 Å². The van der Waals surface area contributed by atoms with Crippen LogP contribution in [0, 0.1) is 0 Å². The van der Waals surface area contributed by atoms with Crippen molar-refractivity contribution in [1.82, 2.24) is 15.7 Å². The highest BCUT2D eigenvalue weighted by Gasteiger charge is 2.31. The fourth-order valence-corrected chi connectivity index (χ4v) is 4.48. The summed E-state index contributed by atoms with van der Waals surface area (Å²) in [5.74, 6) is -0.0489.